The van der Waals surface area contributed by atoms with Gasteiger partial charge in [0.25, 0.3) is 11.8 Å². The first-order chi connectivity index (χ1) is 14.5. The zero-order valence-electron chi connectivity index (χ0n) is 16.3. The molecule has 0 unspecified atom stereocenters. The van der Waals surface area contributed by atoms with Crippen molar-refractivity contribution in [3.05, 3.63) is 66.0 Å². The van der Waals surface area contributed by atoms with Crippen LogP contribution in [0, 0.1) is 5.82 Å². The van der Waals surface area contributed by atoms with Crippen molar-refractivity contribution in [3.8, 4) is 0 Å². The fraction of sp³-hybridized carbons (Fsp3) is 0.286. The SMILES string of the molecule is O=C(COCC(=O)N1CCN(c2ccccc2F)CC1)NNC(=O)c1ccccc1. The van der Waals surface area contributed by atoms with Crippen molar-refractivity contribution in [2.75, 3.05) is 44.3 Å². The Bertz CT molecular complexity index is 886. The van der Waals surface area contributed by atoms with Gasteiger partial charge < -0.3 is 14.5 Å². The Balaban J connectivity index is 1.33. The first-order valence-electron chi connectivity index (χ1n) is 9.54. The number of amides is 3. The lowest BCUT2D eigenvalue weighted by Gasteiger charge is -2.36. The molecule has 158 valence electrons. The quantitative estimate of drug-likeness (QED) is 0.687. The third-order valence-corrected chi connectivity index (χ3v) is 4.64. The van der Waals surface area contributed by atoms with Crippen LogP contribution < -0.4 is 15.8 Å². The largest absolute Gasteiger partial charge is 0.366 e. The summed E-state index contributed by atoms with van der Waals surface area (Å²) >= 11 is 0. The molecule has 1 fully saturated rings. The van der Waals surface area contributed by atoms with Gasteiger partial charge in [-0.15, -0.1) is 0 Å². The number of hydrogen-bond donors (Lipinski definition) is 2. The number of carbonyl (C=O) groups is 3. The van der Waals surface area contributed by atoms with E-state index >= 15 is 0 Å². The van der Waals surface area contributed by atoms with Crippen molar-refractivity contribution in [1.82, 2.24) is 15.8 Å². The van der Waals surface area contributed by atoms with Crippen molar-refractivity contribution >= 4 is 23.4 Å². The minimum atomic E-state index is -0.573. The summed E-state index contributed by atoms with van der Waals surface area (Å²) in [5.74, 6) is -1.56. The summed E-state index contributed by atoms with van der Waals surface area (Å²) in [6.45, 7) is 1.29. The number of ether oxygens (including phenoxy) is 1. The summed E-state index contributed by atoms with van der Waals surface area (Å²) in [6.07, 6.45) is 0. The molecular weight excluding hydrogens is 391 g/mol. The maximum Gasteiger partial charge on any atom is 0.269 e. The fourth-order valence-electron chi connectivity index (χ4n) is 3.05. The topological polar surface area (TPSA) is 91.0 Å². The summed E-state index contributed by atoms with van der Waals surface area (Å²) in [7, 11) is 0. The van der Waals surface area contributed by atoms with E-state index in [9.17, 15) is 18.8 Å². The third kappa shape index (κ3) is 5.77. The standard InChI is InChI=1S/C21H23FN4O4/c22-17-8-4-5-9-18(17)25-10-12-26(13-11-25)20(28)15-30-14-19(27)23-24-21(29)16-6-2-1-3-7-16/h1-9H,10-15H2,(H,23,27)(H,24,29). The number of halogens is 1. The highest BCUT2D eigenvalue weighted by Crippen LogP contribution is 2.20. The lowest BCUT2D eigenvalue weighted by Crippen LogP contribution is -2.50. The Morgan fingerprint density at radius 2 is 1.53 bits per heavy atom. The van der Waals surface area contributed by atoms with Gasteiger partial charge in [-0.3, -0.25) is 25.2 Å². The Kier molecular flexibility index (Phi) is 7.34. The number of nitrogens with zero attached hydrogens (tertiary/aromatic N) is 2. The number of anilines is 1. The second kappa shape index (κ2) is 10.4. The molecule has 9 heteroatoms. The lowest BCUT2D eigenvalue weighted by molar-refractivity contribution is -0.138. The van der Waals surface area contributed by atoms with Crippen molar-refractivity contribution in [1.29, 1.82) is 0 Å². The third-order valence-electron chi connectivity index (χ3n) is 4.64. The average Bonchev–Trinajstić information content (AvgIpc) is 2.78. The molecule has 0 spiro atoms. The number of nitrogens with one attached hydrogen (secondary N) is 2. The zero-order chi connectivity index (χ0) is 21.3. The molecule has 1 saturated heterocycles. The van der Waals surface area contributed by atoms with Gasteiger partial charge in [0.15, 0.2) is 0 Å². The van der Waals surface area contributed by atoms with Crippen LogP contribution in [0.3, 0.4) is 0 Å². The van der Waals surface area contributed by atoms with E-state index in [4.69, 9.17) is 4.74 Å². The van der Waals surface area contributed by atoms with Crippen LogP contribution in [0.2, 0.25) is 0 Å². The molecule has 3 rings (SSSR count). The van der Waals surface area contributed by atoms with E-state index in [1.165, 1.54) is 6.07 Å². The van der Waals surface area contributed by atoms with Gasteiger partial charge in [0, 0.05) is 31.7 Å². The first kappa shape index (κ1) is 21.3. The monoisotopic (exact) mass is 414 g/mol. The molecule has 1 aliphatic heterocycles. The summed E-state index contributed by atoms with van der Waals surface area (Å²) in [5, 5.41) is 0. The van der Waals surface area contributed by atoms with Crippen LogP contribution in [0.1, 0.15) is 10.4 Å². The molecule has 8 nitrogen and oxygen atoms in total. The van der Waals surface area contributed by atoms with Gasteiger partial charge in [0.2, 0.25) is 5.91 Å². The summed E-state index contributed by atoms with van der Waals surface area (Å²) in [6, 6.07) is 15.0. The summed E-state index contributed by atoms with van der Waals surface area (Å²) in [4.78, 5) is 39.3. The van der Waals surface area contributed by atoms with Crippen molar-refractivity contribution in [2.45, 2.75) is 0 Å². The number of para-hydroxylation sites is 1. The fourth-order valence-corrected chi connectivity index (χ4v) is 3.05. The molecule has 0 atom stereocenters. The van der Waals surface area contributed by atoms with E-state index < -0.39 is 11.8 Å². The number of rotatable bonds is 6. The number of benzene rings is 2. The molecule has 0 bridgehead atoms. The van der Waals surface area contributed by atoms with Gasteiger partial charge in [-0.05, 0) is 24.3 Å². The molecular formula is C21H23FN4O4. The Hall–Kier alpha value is -3.46. The smallest absolute Gasteiger partial charge is 0.269 e. The van der Waals surface area contributed by atoms with Gasteiger partial charge >= 0.3 is 0 Å². The minimum absolute atomic E-state index is 0.246. The van der Waals surface area contributed by atoms with Gasteiger partial charge in [-0.1, -0.05) is 30.3 Å². The molecule has 0 radical (unpaired) electrons. The molecule has 2 N–H and O–H groups in total. The van der Waals surface area contributed by atoms with Crippen LogP contribution in [0.15, 0.2) is 54.6 Å². The van der Waals surface area contributed by atoms with Gasteiger partial charge in [-0.25, -0.2) is 4.39 Å². The van der Waals surface area contributed by atoms with Crippen LogP contribution in [0.5, 0.6) is 0 Å². The Morgan fingerprint density at radius 1 is 0.867 bits per heavy atom. The van der Waals surface area contributed by atoms with Crippen LogP contribution in [0.25, 0.3) is 0 Å². The normalized spacial score (nSPS) is 13.6. The van der Waals surface area contributed by atoms with E-state index in [1.807, 2.05) is 4.90 Å². The molecule has 1 heterocycles. The van der Waals surface area contributed by atoms with Crippen molar-refractivity contribution in [3.63, 3.8) is 0 Å². The first-order valence-corrected chi connectivity index (χ1v) is 9.54. The maximum absolute atomic E-state index is 13.9. The predicted molar refractivity (Wildman–Crippen MR) is 108 cm³/mol. The molecule has 1 aliphatic rings. The van der Waals surface area contributed by atoms with E-state index in [0.717, 1.165) is 0 Å². The molecule has 2 aromatic rings. The van der Waals surface area contributed by atoms with Gasteiger partial charge in [-0.2, -0.15) is 0 Å². The van der Waals surface area contributed by atoms with Crippen LogP contribution in [-0.4, -0.2) is 62.0 Å². The Morgan fingerprint density at radius 3 is 2.23 bits per heavy atom. The Labute approximate surface area is 173 Å². The second-order valence-electron chi connectivity index (χ2n) is 6.68. The van der Waals surface area contributed by atoms with Gasteiger partial charge in [0.1, 0.15) is 19.0 Å². The van der Waals surface area contributed by atoms with Crippen LogP contribution >= 0.6 is 0 Å². The second-order valence-corrected chi connectivity index (χ2v) is 6.68. The zero-order valence-corrected chi connectivity index (χ0v) is 16.3. The summed E-state index contributed by atoms with van der Waals surface area (Å²) < 4.78 is 19.0. The number of hydrazine groups is 1. The molecule has 0 saturated carbocycles. The van der Waals surface area contributed by atoms with Crippen LogP contribution in [0.4, 0.5) is 10.1 Å². The minimum Gasteiger partial charge on any atom is -0.366 e. The average molecular weight is 414 g/mol. The maximum atomic E-state index is 13.9. The number of carbonyl (C=O) groups excluding carboxylic acids is 3. The van der Waals surface area contributed by atoms with E-state index in [0.29, 0.717) is 37.4 Å². The van der Waals surface area contributed by atoms with Crippen LogP contribution in [-0.2, 0) is 14.3 Å². The number of hydrogen-bond acceptors (Lipinski definition) is 5. The molecule has 2 aromatic carbocycles. The van der Waals surface area contributed by atoms with E-state index in [2.05, 4.69) is 10.9 Å². The van der Waals surface area contributed by atoms with Crippen molar-refractivity contribution < 1.29 is 23.5 Å². The molecule has 0 aromatic heterocycles. The highest BCUT2D eigenvalue weighted by Gasteiger charge is 2.22. The predicted octanol–water partition coefficient (Wildman–Crippen LogP) is 0.952. The lowest BCUT2D eigenvalue weighted by atomic mass is 10.2. The highest BCUT2D eigenvalue weighted by molar-refractivity contribution is 5.95. The van der Waals surface area contributed by atoms with E-state index in [-0.39, 0.29) is 24.9 Å². The molecule has 0 aliphatic carbocycles. The van der Waals surface area contributed by atoms with E-state index in [1.54, 1.807) is 53.4 Å². The van der Waals surface area contributed by atoms with Gasteiger partial charge in [0.05, 0.1) is 5.69 Å². The summed E-state index contributed by atoms with van der Waals surface area (Å²) in [5.41, 5.74) is 5.44. The van der Waals surface area contributed by atoms with Crippen molar-refractivity contribution in [2.24, 2.45) is 0 Å². The molecule has 30 heavy (non-hydrogen) atoms. The number of piperazine rings is 1. The molecule has 3 amide bonds. The highest BCUT2D eigenvalue weighted by atomic mass is 19.1.